The van der Waals surface area contributed by atoms with Crippen molar-refractivity contribution < 1.29 is 13.6 Å². The van der Waals surface area contributed by atoms with Crippen molar-refractivity contribution in [3.63, 3.8) is 0 Å². The molecule has 10 heteroatoms. The Morgan fingerprint density at radius 3 is 2.56 bits per heavy atom. The van der Waals surface area contributed by atoms with Crippen LogP contribution in [0.15, 0.2) is 81.6 Å². The Morgan fingerprint density at radius 2 is 1.85 bits per heavy atom. The number of hydrazone groups is 1. The summed E-state index contributed by atoms with van der Waals surface area (Å²) in [6.07, 6.45) is 2.12. The molecule has 1 aliphatic rings. The summed E-state index contributed by atoms with van der Waals surface area (Å²) in [7, 11) is 1.81. The van der Waals surface area contributed by atoms with E-state index in [1.165, 1.54) is 28.9 Å². The molecule has 0 spiro atoms. The van der Waals surface area contributed by atoms with E-state index in [1.807, 2.05) is 25.2 Å². The molecular weight excluding hydrogens is 477 g/mol. The van der Waals surface area contributed by atoms with Gasteiger partial charge in [0.2, 0.25) is 0 Å². The highest BCUT2D eigenvalue weighted by Crippen LogP contribution is 2.34. The third kappa shape index (κ3) is 4.49. The molecule has 4 aromatic rings. The van der Waals surface area contributed by atoms with Gasteiger partial charge in [0, 0.05) is 24.1 Å². The summed E-state index contributed by atoms with van der Waals surface area (Å²) in [4.78, 5) is 13.2. The third-order valence-corrected chi connectivity index (χ3v) is 6.73. The maximum absolute atomic E-state index is 13.2. The molecule has 0 bridgehead atoms. The smallest absolute Gasteiger partial charge is 0.253 e. The van der Waals surface area contributed by atoms with E-state index in [9.17, 15) is 9.18 Å². The molecular formula is C24H19ClFN5O2S. The number of benzene rings is 2. The molecule has 34 heavy (non-hydrogen) atoms. The molecule has 5 rings (SSSR count). The van der Waals surface area contributed by atoms with Crippen LogP contribution in [0.2, 0.25) is 5.02 Å². The fraction of sp³-hybridized carbons (Fsp3) is 0.167. The zero-order chi connectivity index (χ0) is 23.7. The number of hydrogen-bond acceptors (Lipinski definition) is 6. The fourth-order valence-corrected chi connectivity index (χ4v) is 4.63. The number of carbonyl (C=O) groups excluding carboxylic acids is 1. The summed E-state index contributed by atoms with van der Waals surface area (Å²) < 4.78 is 20.6. The van der Waals surface area contributed by atoms with Crippen molar-refractivity contribution in [2.45, 2.75) is 17.6 Å². The van der Waals surface area contributed by atoms with Gasteiger partial charge in [0.1, 0.15) is 17.6 Å². The SMILES string of the molecule is Cn1c(SCC(=O)N2N=C(c3ccc(Cl)cc3)C[C@H]2c2ccco2)nnc1-c1ccc(F)cc1. The van der Waals surface area contributed by atoms with Gasteiger partial charge in [-0.05, 0) is 54.1 Å². The number of halogens is 2. The maximum atomic E-state index is 13.2. The molecule has 0 saturated heterocycles. The highest BCUT2D eigenvalue weighted by Gasteiger charge is 2.35. The van der Waals surface area contributed by atoms with Crippen LogP contribution in [0.5, 0.6) is 0 Å². The lowest BCUT2D eigenvalue weighted by molar-refractivity contribution is -0.130. The lowest BCUT2D eigenvalue weighted by Gasteiger charge is -2.19. The Hall–Kier alpha value is -3.43. The molecule has 2 aromatic heterocycles. The van der Waals surface area contributed by atoms with Gasteiger partial charge < -0.3 is 8.98 Å². The first-order chi connectivity index (χ1) is 16.5. The van der Waals surface area contributed by atoms with Gasteiger partial charge in [0.05, 0.1) is 17.7 Å². The molecule has 0 radical (unpaired) electrons. The lowest BCUT2D eigenvalue weighted by Crippen LogP contribution is -2.28. The maximum Gasteiger partial charge on any atom is 0.253 e. The van der Waals surface area contributed by atoms with E-state index in [0.717, 1.165) is 16.8 Å². The first kappa shape index (κ1) is 22.4. The molecule has 0 fully saturated rings. The van der Waals surface area contributed by atoms with Crippen molar-refractivity contribution in [1.82, 2.24) is 19.8 Å². The second kappa shape index (κ2) is 9.44. The van der Waals surface area contributed by atoms with Gasteiger partial charge in [0.25, 0.3) is 5.91 Å². The van der Waals surface area contributed by atoms with Crippen LogP contribution >= 0.6 is 23.4 Å². The molecule has 1 aliphatic heterocycles. The monoisotopic (exact) mass is 495 g/mol. The second-order valence-electron chi connectivity index (χ2n) is 7.69. The molecule has 1 atom stereocenters. The zero-order valence-electron chi connectivity index (χ0n) is 18.1. The predicted octanol–water partition coefficient (Wildman–Crippen LogP) is 5.34. The molecule has 0 saturated carbocycles. The predicted molar refractivity (Wildman–Crippen MR) is 128 cm³/mol. The van der Waals surface area contributed by atoms with Crippen molar-refractivity contribution in [1.29, 1.82) is 0 Å². The number of nitrogens with zero attached hydrogens (tertiary/aromatic N) is 5. The number of amides is 1. The van der Waals surface area contributed by atoms with Crippen LogP contribution in [0.25, 0.3) is 11.4 Å². The fourth-order valence-electron chi connectivity index (χ4n) is 3.74. The van der Waals surface area contributed by atoms with Crippen LogP contribution < -0.4 is 0 Å². The van der Waals surface area contributed by atoms with E-state index in [1.54, 1.807) is 41.2 Å². The first-order valence-corrected chi connectivity index (χ1v) is 11.8. The average Bonchev–Trinajstić information content (AvgIpc) is 3.59. The van der Waals surface area contributed by atoms with Gasteiger partial charge >= 0.3 is 0 Å². The van der Waals surface area contributed by atoms with Gasteiger partial charge in [-0.3, -0.25) is 4.79 Å². The van der Waals surface area contributed by atoms with E-state index in [2.05, 4.69) is 15.3 Å². The first-order valence-electron chi connectivity index (χ1n) is 10.5. The van der Waals surface area contributed by atoms with Gasteiger partial charge in [-0.15, -0.1) is 10.2 Å². The standard InChI is InChI=1S/C24H19ClFN5O2S/c1-30-23(16-6-10-18(26)11-7-16)27-28-24(30)34-14-22(32)31-20(21-3-2-12-33-21)13-19(29-31)15-4-8-17(25)9-5-15/h2-12,20H,13-14H2,1H3/t20-/m0/s1. The minimum atomic E-state index is -0.331. The van der Waals surface area contributed by atoms with Crippen LogP contribution in [0.4, 0.5) is 4.39 Å². The molecule has 0 N–H and O–H groups in total. The van der Waals surface area contributed by atoms with Crippen LogP contribution in [-0.2, 0) is 11.8 Å². The summed E-state index contributed by atoms with van der Waals surface area (Å²) in [5.41, 5.74) is 2.43. The lowest BCUT2D eigenvalue weighted by atomic mass is 10.0. The largest absolute Gasteiger partial charge is 0.467 e. The van der Waals surface area contributed by atoms with Crippen LogP contribution in [0.1, 0.15) is 23.8 Å². The summed E-state index contributed by atoms with van der Waals surface area (Å²) in [6.45, 7) is 0. The Kier molecular flexibility index (Phi) is 6.21. The summed E-state index contributed by atoms with van der Waals surface area (Å²) in [5.74, 6) is 0.878. The molecule has 0 aliphatic carbocycles. The number of rotatable bonds is 6. The van der Waals surface area contributed by atoms with Gasteiger partial charge in [0.15, 0.2) is 11.0 Å². The molecule has 3 heterocycles. The van der Waals surface area contributed by atoms with Crippen LogP contribution in [0, 0.1) is 5.82 Å². The van der Waals surface area contributed by atoms with Gasteiger partial charge in [-0.1, -0.05) is 35.5 Å². The van der Waals surface area contributed by atoms with Crippen molar-refractivity contribution in [3.05, 3.63) is 89.1 Å². The number of thioether (sulfide) groups is 1. The molecule has 2 aromatic carbocycles. The van der Waals surface area contributed by atoms with Crippen LogP contribution in [-0.4, -0.2) is 37.1 Å². The summed E-state index contributed by atoms with van der Waals surface area (Å²) in [5, 5.41) is 15.7. The Bertz CT molecular complexity index is 1340. The Morgan fingerprint density at radius 1 is 1.12 bits per heavy atom. The highest BCUT2D eigenvalue weighted by atomic mass is 35.5. The zero-order valence-corrected chi connectivity index (χ0v) is 19.6. The van der Waals surface area contributed by atoms with Gasteiger partial charge in [-0.2, -0.15) is 5.10 Å². The molecule has 1 amide bonds. The topological polar surface area (TPSA) is 76.5 Å². The quantitative estimate of drug-likeness (QED) is 0.337. The molecule has 172 valence electrons. The van der Waals surface area contributed by atoms with Crippen molar-refractivity contribution in [2.75, 3.05) is 5.75 Å². The van der Waals surface area contributed by atoms with E-state index in [4.69, 9.17) is 16.0 Å². The van der Waals surface area contributed by atoms with Crippen molar-refractivity contribution in [3.8, 4) is 11.4 Å². The van der Waals surface area contributed by atoms with Crippen molar-refractivity contribution in [2.24, 2.45) is 12.1 Å². The van der Waals surface area contributed by atoms with E-state index in [-0.39, 0.29) is 23.5 Å². The van der Waals surface area contributed by atoms with Crippen molar-refractivity contribution >= 4 is 35.0 Å². The Labute approximate surface area is 204 Å². The second-order valence-corrected chi connectivity index (χ2v) is 9.07. The number of furan rings is 1. The van der Waals surface area contributed by atoms with E-state index >= 15 is 0 Å². The van der Waals surface area contributed by atoms with Gasteiger partial charge in [-0.25, -0.2) is 9.40 Å². The van der Waals surface area contributed by atoms with E-state index in [0.29, 0.717) is 28.2 Å². The molecule has 7 nitrogen and oxygen atoms in total. The molecule has 0 unspecified atom stereocenters. The third-order valence-electron chi connectivity index (χ3n) is 5.48. The highest BCUT2D eigenvalue weighted by molar-refractivity contribution is 7.99. The summed E-state index contributed by atoms with van der Waals surface area (Å²) in [6, 6.07) is 16.7. The number of aromatic nitrogens is 3. The normalized spacial score (nSPS) is 15.6. The van der Waals surface area contributed by atoms with Crippen LogP contribution in [0.3, 0.4) is 0 Å². The minimum absolute atomic E-state index is 0.115. The van der Waals surface area contributed by atoms with E-state index < -0.39 is 0 Å². The summed E-state index contributed by atoms with van der Waals surface area (Å²) >= 11 is 7.28. The average molecular weight is 496 g/mol. The Balaban J connectivity index is 1.34. The number of hydrogen-bond donors (Lipinski definition) is 0. The minimum Gasteiger partial charge on any atom is -0.467 e. The number of carbonyl (C=O) groups is 1.